The van der Waals surface area contributed by atoms with Gasteiger partial charge < -0.3 is 10.7 Å². The summed E-state index contributed by atoms with van der Waals surface area (Å²) >= 11 is 0. The number of pyridine rings is 1. The summed E-state index contributed by atoms with van der Waals surface area (Å²) in [6, 6.07) is 7.60. The molecule has 0 unspecified atom stereocenters. The lowest BCUT2D eigenvalue weighted by molar-refractivity contribution is 0.631. The van der Waals surface area contributed by atoms with Crippen molar-refractivity contribution in [1.29, 1.82) is 0 Å². The van der Waals surface area contributed by atoms with E-state index in [0.29, 0.717) is 22.4 Å². The second kappa shape index (κ2) is 4.65. The largest absolute Gasteiger partial charge is 0.382 e. The van der Waals surface area contributed by atoms with Crippen molar-refractivity contribution >= 4 is 5.82 Å². The molecule has 5 nitrogen and oxygen atoms in total. The molecule has 3 aromatic rings. The Kier molecular flexibility index (Phi) is 2.83. The van der Waals surface area contributed by atoms with Crippen molar-refractivity contribution in [3.05, 3.63) is 58.8 Å². The summed E-state index contributed by atoms with van der Waals surface area (Å²) in [5.74, 6) is -0.275. The van der Waals surface area contributed by atoms with Gasteiger partial charge in [0.2, 0.25) is 0 Å². The van der Waals surface area contributed by atoms with Gasteiger partial charge in [-0.05, 0) is 6.07 Å². The first-order valence-electron chi connectivity index (χ1n) is 5.94. The van der Waals surface area contributed by atoms with E-state index in [9.17, 15) is 9.18 Å². The van der Waals surface area contributed by atoms with Crippen molar-refractivity contribution in [2.24, 2.45) is 0 Å². The molecule has 2 heterocycles. The van der Waals surface area contributed by atoms with E-state index in [-0.39, 0.29) is 11.2 Å². The zero-order valence-corrected chi connectivity index (χ0v) is 10.4. The minimum absolute atomic E-state index is 0.147. The van der Waals surface area contributed by atoms with Gasteiger partial charge in [-0.25, -0.2) is 4.39 Å². The molecule has 20 heavy (non-hydrogen) atoms. The summed E-state index contributed by atoms with van der Waals surface area (Å²) in [6.07, 6.45) is 3.05. The maximum Gasteiger partial charge on any atom is 0.190 e. The standard InChI is InChI=1S/C14H11FN4O/c15-10-4-2-1-3-8(10)12-13(18-19-14(12)16)9-7-17-6-5-11(9)20/h1-7H,(H,17,20)(H3,16,18,19). The quantitative estimate of drug-likeness (QED) is 0.666. The van der Waals surface area contributed by atoms with Gasteiger partial charge in [-0.15, -0.1) is 0 Å². The molecule has 0 spiro atoms. The highest BCUT2D eigenvalue weighted by Crippen LogP contribution is 2.34. The van der Waals surface area contributed by atoms with Crippen LogP contribution in [0.2, 0.25) is 0 Å². The molecule has 0 saturated carbocycles. The van der Waals surface area contributed by atoms with Crippen molar-refractivity contribution in [2.75, 3.05) is 5.73 Å². The fraction of sp³-hybridized carbons (Fsp3) is 0. The molecular formula is C14H11FN4O. The summed E-state index contributed by atoms with van der Waals surface area (Å²) < 4.78 is 13.9. The Bertz CT molecular complexity index is 822. The molecule has 0 saturated heterocycles. The molecule has 0 aliphatic rings. The number of nitrogen functional groups attached to an aromatic ring is 1. The number of halogens is 1. The van der Waals surface area contributed by atoms with E-state index in [1.54, 1.807) is 18.2 Å². The zero-order valence-electron chi connectivity index (χ0n) is 10.4. The number of hydrogen-bond donors (Lipinski definition) is 3. The van der Waals surface area contributed by atoms with E-state index < -0.39 is 5.82 Å². The van der Waals surface area contributed by atoms with E-state index in [2.05, 4.69) is 15.2 Å². The molecular weight excluding hydrogens is 259 g/mol. The molecule has 0 bridgehead atoms. The normalized spacial score (nSPS) is 10.7. The highest BCUT2D eigenvalue weighted by Gasteiger charge is 2.18. The van der Waals surface area contributed by atoms with Crippen molar-refractivity contribution < 1.29 is 4.39 Å². The molecule has 0 amide bonds. The first kappa shape index (κ1) is 12.2. The Hall–Kier alpha value is -2.89. The van der Waals surface area contributed by atoms with Gasteiger partial charge in [-0.1, -0.05) is 18.2 Å². The summed E-state index contributed by atoms with van der Waals surface area (Å²) in [7, 11) is 0. The van der Waals surface area contributed by atoms with Gasteiger partial charge in [-0.2, -0.15) is 5.10 Å². The Morgan fingerprint density at radius 3 is 2.70 bits per heavy atom. The minimum atomic E-state index is -0.422. The van der Waals surface area contributed by atoms with Crippen molar-refractivity contribution in [3.63, 3.8) is 0 Å². The number of aromatic amines is 2. The topological polar surface area (TPSA) is 87.6 Å². The first-order valence-corrected chi connectivity index (χ1v) is 5.94. The first-order chi connectivity index (χ1) is 9.68. The van der Waals surface area contributed by atoms with Gasteiger partial charge >= 0.3 is 0 Å². The minimum Gasteiger partial charge on any atom is -0.382 e. The molecule has 6 heteroatoms. The van der Waals surface area contributed by atoms with E-state index in [4.69, 9.17) is 5.73 Å². The van der Waals surface area contributed by atoms with Crippen molar-refractivity contribution in [2.45, 2.75) is 0 Å². The number of H-pyrrole nitrogens is 2. The van der Waals surface area contributed by atoms with Gasteiger partial charge in [0.1, 0.15) is 5.82 Å². The Morgan fingerprint density at radius 1 is 1.15 bits per heavy atom. The van der Waals surface area contributed by atoms with Crippen molar-refractivity contribution in [3.8, 4) is 22.4 Å². The van der Waals surface area contributed by atoms with Crippen LogP contribution in [0.15, 0.2) is 47.5 Å². The molecule has 3 rings (SSSR count). The second-order valence-electron chi connectivity index (χ2n) is 4.26. The predicted molar refractivity (Wildman–Crippen MR) is 74.5 cm³/mol. The monoisotopic (exact) mass is 270 g/mol. The van der Waals surface area contributed by atoms with E-state index in [0.717, 1.165) is 0 Å². The maximum absolute atomic E-state index is 13.9. The molecule has 0 fully saturated rings. The van der Waals surface area contributed by atoms with E-state index in [1.165, 1.54) is 24.5 Å². The van der Waals surface area contributed by atoms with Crippen LogP contribution in [0.3, 0.4) is 0 Å². The van der Waals surface area contributed by atoms with Crippen LogP contribution in [0.5, 0.6) is 0 Å². The third-order valence-electron chi connectivity index (χ3n) is 3.03. The van der Waals surface area contributed by atoms with Crippen LogP contribution in [-0.4, -0.2) is 15.2 Å². The number of hydrogen-bond acceptors (Lipinski definition) is 3. The van der Waals surface area contributed by atoms with Crippen LogP contribution in [0.4, 0.5) is 10.2 Å². The Balaban J connectivity index is 2.29. The summed E-state index contributed by atoms with van der Waals surface area (Å²) in [5.41, 5.74) is 7.05. The van der Waals surface area contributed by atoms with Crippen molar-refractivity contribution in [1.82, 2.24) is 15.2 Å². The molecule has 0 aliphatic heterocycles. The van der Waals surface area contributed by atoms with Crippen LogP contribution in [0.25, 0.3) is 22.4 Å². The lowest BCUT2D eigenvalue weighted by Crippen LogP contribution is -2.04. The SMILES string of the molecule is Nc1n[nH]c(-c2c[nH]ccc2=O)c1-c1ccccc1F. The van der Waals surface area contributed by atoms with E-state index >= 15 is 0 Å². The second-order valence-corrected chi connectivity index (χ2v) is 4.26. The highest BCUT2D eigenvalue weighted by atomic mass is 19.1. The van der Waals surface area contributed by atoms with Gasteiger partial charge in [0, 0.05) is 24.0 Å². The summed E-state index contributed by atoms with van der Waals surface area (Å²) in [5, 5.41) is 6.58. The van der Waals surface area contributed by atoms with Gasteiger partial charge in [0.05, 0.1) is 16.8 Å². The molecule has 0 atom stereocenters. The Morgan fingerprint density at radius 2 is 1.95 bits per heavy atom. The lowest BCUT2D eigenvalue weighted by Gasteiger charge is -2.05. The van der Waals surface area contributed by atoms with Crippen LogP contribution in [-0.2, 0) is 0 Å². The number of nitrogens with zero attached hydrogens (tertiary/aromatic N) is 1. The number of aromatic nitrogens is 3. The third-order valence-corrected chi connectivity index (χ3v) is 3.03. The highest BCUT2D eigenvalue weighted by molar-refractivity contribution is 5.87. The predicted octanol–water partition coefficient (Wildman–Crippen LogP) is 2.15. The molecule has 1 aromatic carbocycles. The molecule has 4 N–H and O–H groups in total. The number of nitrogens with one attached hydrogen (secondary N) is 2. The summed E-state index contributed by atoms with van der Waals surface area (Å²) in [6.45, 7) is 0. The fourth-order valence-corrected chi connectivity index (χ4v) is 2.10. The van der Waals surface area contributed by atoms with E-state index in [1.807, 2.05) is 0 Å². The zero-order chi connectivity index (χ0) is 14.1. The van der Waals surface area contributed by atoms with Gasteiger partial charge in [-0.3, -0.25) is 9.89 Å². The van der Waals surface area contributed by atoms with Gasteiger partial charge in [0.15, 0.2) is 11.2 Å². The van der Waals surface area contributed by atoms with Crippen LogP contribution >= 0.6 is 0 Å². The van der Waals surface area contributed by atoms with Crippen LogP contribution in [0.1, 0.15) is 0 Å². The van der Waals surface area contributed by atoms with Crippen LogP contribution in [0, 0.1) is 5.82 Å². The van der Waals surface area contributed by atoms with Crippen LogP contribution < -0.4 is 11.2 Å². The Labute approximate surface area is 113 Å². The average molecular weight is 270 g/mol. The lowest BCUT2D eigenvalue weighted by atomic mass is 10.0. The maximum atomic E-state index is 13.9. The molecule has 100 valence electrons. The summed E-state index contributed by atoms with van der Waals surface area (Å²) in [4.78, 5) is 14.7. The number of anilines is 1. The number of nitrogens with two attached hydrogens (primary N) is 1. The fourth-order valence-electron chi connectivity index (χ4n) is 2.10. The third kappa shape index (κ3) is 1.87. The number of benzene rings is 1. The molecule has 2 aromatic heterocycles. The smallest absolute Gasteiger partial charge is 0.190 e. The molecule has 0 aliphatic carbocycles. The molecule has 0 radical (unpaired) electrons. The average Bonchev–Trinajstić information content (AvgIpc) is 2.82. The van der Waals surface area contributed by atoms with Gasteiger partial charge in [0.25, 0.3) is 0 Å². The number of rotatable bonds is 2.